The van der Waals surface area contributed by atoms with E-state index in [4.69, 9.17) is 0 Å². The second kappa shape index (κ2) is 6.79. The number of aryl methyl sites for hydroxylation is 1. The Morgan fingerprint density at radius 1 is 1.18 bits per heavy atom. The van der Waals surface area contributed by atoms with Gasteiger partial charge < -0.3 is 0 Å². The van der Waals surface area contributed by atoms with Gasteiger partial charge in [-0.15, -0.1) is 24.8 Å². The number of hydrogen-bond acceptors (Lipinski definition) is 0. The van der Waals surface area contributed by atoms with Gasteiger partial charge in [0.1, 0.15) is 12.4 Å². The molecule has 0 unspecified atom stereocenters. The van der Waals surface area contributed by atoms with E-state index in [1.807, 2.05) is 12.5 Å². The highest BCUT2D eigenvalue weighted by Crippen LogP contribution is 2.02. The monoisotopic (exact) mass is 279 g/mol. The van der Waals surface area contributed by atoms with E-state index in [-0.39, 0.29) is 24.8 Å². The molecule has 17 heavy (non-hydrogen) atoms. The fourth-order valence-electron chi connectivity index (χ4n) is 1.74. The van der Waals surface area contributed by atoms with E-state index in [0.717, 1.165) is 24.0 Å². The molecule has 0 bridgehead atoms. The maximum absolute atomic E-state index is 3.05. The first-order chi connectivity index (χ1) is 7.16. The van der Waals surface area contributed by atoms with Gasteiger partial charge in [0.05, 0.1) is 20.6 Å². The van der Waals surface area contributed by atoms with Gasteiger partial charge in [-0.25, -0.2) is 9.05 Å². The van der Waals surface area contributed by atoms with Crippen molar-refractivity contribution in [2.24, 2.45) is 0 Å². The van der Waals surface area contributed by atoms with Crippen LogP contribution in [0.5, 0.6) is 0 Å². The molecule has 0 saturated carbocycles. The topological polar surface area (TPSA) is 22.7 Å². The number of aromatic amines is 1. The highest BCUT2D eigenvalue weighted by atomic mass is 35.5. The summed E-state index contributed by atoms with van der Waals surface area (Å²) < 4.78 is 5.27. The van der Waals surface area contributed by atoms with Crippen LogP contribution in [0.4, 0.5) is 0 Å². The molecule has 4 nitrogen and oxygen atoms in total. The molecule has 0 aromatic carbocycles. The Labute approximate surface area is 115 Å². The maximum atomic E-state index is 3.05. The first-order valence-electron chi connectivity index (χ1n) is 5.32. The highest BCUT2D eigenvalue weighted by Gasteiger charge is 2.22. The van der Waals surface area contributed by atoms with Crippen molar-refractivity contribution >= 4 is 31.2 Å². The molecule has 1 aromatic heterocycles. The molecule has 2 heterocycles. The summed E-state index contributed by atoms with van der Waals surface area (Å²) in [6.45, 7) is 2.14. The summed E-state index contributed by atoms with van der Waals surface area (Å²) in [6.07, 6.45) is 13.7. The first-order valence-corrected chi connectivity index (χ1v) is 5.32. The van der Waals surface area contributed by atoms with Crippen molar-refractivity contribution in [1.29, 1.82) is 0 Å². The van der Waals surface area contributed by atoms with Crippen LogP contribution < -0.4 is 4.57 Å². The molecule has 1 N–H and O–H groups in total. The summed E-state index contributed by atoms with van der Waals surface area (Å²) >= 11 is 0. The molecule has 0 radical (unpaired) electrons. The summed E-state index contributed by atoms with van der Waals surface area (Å²) in [5.41, 5.74) is 0. The Kier molecular flexibility index (Phi) is 6.45. The molecule has 0 spiro atoms. The summed E-state index contributed by atoms with van der Waals surface area (Å²) in [5.74, 6) is 0. The highest BCUT2D eigenvalue weighted by molar-refractivity contribution is 5.85. The number of halogens is 2. The minimum absolute atomic E-state index is 0. The fraction of sp³-hybridized carbons (Fsp3) is 0.455. The van der Waals surface area contributed by atoms with Gasteiger partial charge in [0, 0.05) is 6.42 Å². The number of imidazole rings is 1. The average Bonchev–Trinajstić information content (AvgIpc) is 2.76. The Hall–Kier alpha value is -0.840. The van der Waals surface area contributed by atoms with Crippen molar-refractivity contribution in [2.45, 2.75) is 13.0 Å². The number of aromatic nitrogens is 2. The average molecular weight is 280 g/mol. The van der Waals surface area contributed by atoms with Crippen molar-refractivity contribution in [3.05, 3.63) is 31.1 Å². The van der Waals surface area contributed by atoms with Crippen LogP contribution in [0.2, 0.25) is 0 Å². The molecule has 0 saturated heterocycles. The molecule has 6 heteroatoms. The van der Waals surface area contributed by atoms with Gasteiger partial charge in [0.15, 0.2) is 12.7 Å². The van der Waals surface area contributed by atoms with Crippen LogP contribution in [0.1, 0.15) is 6.42 Å². The molecular weight excluding hydrogens is 259 g/mol. The number of nitrogens with one attached hydrogen (secondary N) is 1. The van der Waals surface area contributed by atoms with Crippen LogP contribution >= 0.6 is 24.8 Å². The molecule has 96 valence electrons. The van der Waals surface area contributed by atoms with Gasteiger partial charge >= 0.3 is 6.34 Å². The Balaban J connectivity index is 0.00000128. The van der Waals surface area contributed by atoms with E-state index in [2.05, 4.69) is 53.2 Å². The third-order valence-electron chi connectivity index (χ3n) is 2.52. The standard InChI is InChI=1S/C11H18N4.2ClH/c1-15(2)9-8-14(11-15)6-3-5-13-7-4-12-10-13;;/h4,7-11H,3,5-6H2,1-2H3;2*1H/q+2;;/p+1. The smallest absolute Gasteiger partial charge is 0.250 e. The van der Waals surface area contributed by atoms with Crippen molar-refractivity contribution in [2.75, 3.05) is 20.6 Å². The van der Waals surface area contributed by atoms with Gasteiger partial charge in [-0.3, -0.25) is 4.98 Å². The van der Waals surface area contributed by atoms with Crippen molar-refractivity contribution in [3.63, 3.8) is 0 Å². The van der Waals surface area contributed by atoms with Crippen LogP contribution in [0.25, 0.3) is 0 Å². The Morgan fingerprint density at radius 3 is 2.47 bits per heavy atom. The fourth-order valence-corrected chi connectivity index (χ4v) is 1.74. The molecule has 0 atom stereocenters. The molecule has 1 aliphatic rings. The van der Waals surface area contributed by atoms with Crippen LogP contribution in [-0.4, -0.2) is 41.0 Å². The maximum Gasteiger partial charge on any atom is 0.336 e. The van der Waals surface area contributed by atoms with Crippen LogP contribution in [0.15, 0.2) is 31.1 Å². The molecule has 1 aromatic rings. The summed E-state index contributed by atoms with van der Waals surface area (Å²) in [6, 6.07) is 0. The zero-order chi connectivity index (χ0) is 10.7. The van der Waals surface area contributed by atoms with E-state index in [1.165, 1.54) is 0 Å². The van der Waals surface area contributed by atoms with Crippen LogP contribution in [0.3, 0.4) is 0 Å². The molecule has 0 fully saturated rings. The van der Waals surface area contributed by atoms with E-state index in [1.54, 1.807) is 0 Å². The number of quaternary nitrogens is 1. The van der Waals surface area contributed by atoms with Gasteiger partial charge in [0.25, 0.3) is 0 Å². The Bertz CT molecular complexity index is 382. The second-order valence-electron chi connectivity index (χ2n) is 4.48. The lowest BCUT2D eigenvalue weighted by molar-refractivity contribution is -0.746. The minimum Gasteiger partial charge on any atom is -0.250 e. The predicted octanol–water partition coefficient (Wildman–Crippen LogP) is 1.14. The molecule has 0 amide bonds. The largest absolute Gasteiger partial charge is 0.336 e. The van der Waals surface area contributed by atoms with E-state index >= 15 is 0 Å². The summed E-state index contributed by atoms with van der Waals surface area (Å²) in [5, 5.41) is 0. The van der Waals surface area contributed by atoms with Crippen LogP contribution in [-0.2, 0) is 6.54 Å². The van der Waals surface area contributed by atoms with E-state index < -0.39 is 0 Å². The molecular formula is C11H21Cl2N4+3. The summed E-state index contributed by atoms with van der Waals surface area (Å²) in [4.78, 5) is 3.05. The Morgan fingerprint density at radius 2 is 1.94 bits per heavy atom. The van der Waals surface area contributed by atoms with Gasteiger partial charge in [-0.05, 0) is 0 Å². The van der Waals surface area contributed by atoms with Crippen molar-refractivity contribution in [1.82, 2.24) is 4.98 Å². The lowest BCUT2D eigenvalue weighted by atomic mass is 10.4. The number of H-pyrrole nitrogens is 1. The van der Waals surface area contributed by atoms with Gasteiger partial charge in [0.2, 0.25) is 12.5 Å². The van der Waals surface area contributed by atoms with Gasteiger partial charge in [-0.1, -0.05) is 0 Å². The molecule has 2 rings (SSSR count). The quantitative estimate of drug-likeness (QED) is 0.631. The van der Waals surface area contributed by atoms with Gasteiger partial charge in [-0.2, -0.15) is 4.58 Å². The predicted molar refractivity (Wildman–Crippen MR) is 72.5 cm³/mol. The lowest BCUT2D eigenvalue weighted by Crippen LogP contribution is -2.33. The second-order valence-corrected chi connectivity index (χ2v) is 4.48. The normalized spacial score (nSPS) is 16.0. The number of nitrogens with zero attached hydrogens (tertiary/aromatic N) is 3. The van der Waals surface area contributed by atoms with E-state index in [9.17, 15) is 0 Å². The van der Waals surface area contributed by atoms with Crippen molar-refractivity contribution < 1.29 is 13.6 Å². The van der Waals surface area contributed by atoms with E-state index in [0.29, 0.717) is 0 Å². The van der Waals surface area contributed by atoms with Crippen molar-refractivity contribution in [3.8, 4) is 0 Å². The number of rotatable bonds is 4. The van der Waals surface area contributed by atoms with Crippen LogP contribution in [0, 0.1) is 0 Å². The number of hydrogen-bond donors (Lipinski definition) is 1. The third-order valence-corrected chi connectivity index (χ3v) is 2.52. The first kappa shape index (κ1) is 16.2. The SMILES string of the molecule is C[N+]1(C)C=C[N+](CCC[n+]2cc[nH]c2)=C1.Cl.Cl. The lowest BCUT2D eigenvalue weighted by Gasteiger charge is -2.08. The summed E-state index contributed by atoms with van der Waals surface area (Å²) in [7, 11) is 4.33. The third kappa shape index (κ3) is 4.89. The zero-order valence-corrected chi connectivity index (χ0v) is 11.9. The molecule has 1 aliphatic heterocycles. The molecule has 0 aliphatic carbocycles. The minimum atomic E-state index is 0. The zero-order valence-electron chi connectivity index (χ0n) is 10.2.